The molecule has 1 aromatic carbocycles. The van der Waals surface area contributed by atoms with E-state index in [1.807, 2.05) is 17.1 Å². The molecule has 1 saturated carbocycles. The highest BCUT2D eigenvalue weighted by molar-refractivity contribution is 5.91. The smallest absolute Gasteiger partial charge is 0.373 e. The van der Waals surface area contributed by atoms with Gasteiger partial charge in [0.05, 0.1) is 35.0 Å². The fourth-order valence-electron chi connectivity index (χ4n) is 5.03. The van der Waals surface area contributed by atoms with Gasteiger partial charge in [-0.1, -0.05) is 0 Å². The maximum atomic E-state index is 15.1. The average Bonchev–Trinajstić information content (AvgIpc) is 3.63. The highest BCUT2D eigenvalue weighted by atomic mass is 19.4. The van der Waals surface area contributed by atoms with E-state index in [0.717, 1.165) is 30.5 Å². The lowest BCUT2D eigenvalue weighted by molar-refractivity contribution is -0.137. The van der Waals surface area contributed by atoms with Crippen LogP contribution in [0.5, 0.6) is 0 Å². The summed E-state index contributed by atoms with van der Waals surface area (Å²) in [5.41, 5.74) is 0.148. The van der Waals surface area contributed by atoms with Crippen molar-refractivity contribution in [1.29, 1.82) is 0 Å². The second kappa shape index (κ2) is 9.00. The van der Waals surface area contributed by atoms with Crippen LogP contribution in [-0.2, 0) is 18.0 Å². The van der Waals surface area contributed by atoms with Gasteiger partial charge < -0.3 is 4.74 Å². The third kappa shape index (κ3) is 4.38. The number of alkyl halides is 3. The normalized spacial score (nSPS) is 20.3. The molecule has 1 aliphatic carbocycles. The predicted octanol–water partition coefficient (Wildman–Crippen LogP) is 5.63. The molecule has 7 nitrogen and oxygen atoms in total. The molecule has 3 aromatic heterocycles. The van der Waals surface area contributed by atoms with Crippen molar-refractivity contribution in [2.24, 2.45) is 7.05 Å². The Kier molecular flexibility index (Phi) is 5.86. The van der Waals surface area contributed by atoms with Crippen LogP contribution in [0, 0.1) is 12.7 Å². The molecule has 4 heterocycles. The molecular formula is C27H25F4N5O2. The summed E-state index contributed by atoms with van der Waals surface area (Å²) in [6.45, 7) is 2.09. The molecule has 0 spiro atoms. The number of aryl methyl sites for hydroxylation is 1. The zero-order valence-corrected chi connectivity index (χ0v) is 20.8. The molecule has 0 unspecified atom stereocenters. The SMILES string of the molecule is Cc1nc2c(-c3ccc(C(F)(F)F)cc3F)nc([C@H]3CCO[C@@H](c4cnn(C5CC5)c4)C3)cc2c(=O)n1C. The maximum absolute atomic E-state index is 15.1. The second-order valence-electron chi connectivity index (χ2n) is 10.1. The number of fused-ring (bicyclic) bond motifs is 1. The Bertz CT molecular complexity index is 1610. The minimum Gasteiger partial charge on any atom is -0.373 e. The van der Waals surface area contributed by atoms with E-state index in [2.05, 4.69) is 10.1 Å². The van der Waals surface area contributed by atoms with Crippen LogP contribution in [0.25, 0.3) is 22.2 Å². The molecule has 198 valence electrons. The number of halogens is 4. The van der Waals surface area contributed by atoms with E-state index in [-0.39, 0.29) is 39.7 Å². The monoisotopic (exact) mass is 527 g/mol. The molecular weight excluding hydrogens is 502 g/mol. The van der Waals surface area contributed by atoms with Crippen LogP contribution in [-0.4, -0.2) is 30.9 Å². The van der Waals surface area contributed by atoms with Crippen LogP contribution >= 0.6 is 0 Å². The van der Waals surface area contributed by atoms with Crippen LogP contribution in [0.4, 0.5) is 17.6 Å². The number of rotatable bonds is 4. The fraction of sp³-hybridized carbons (Fsp3) is 0.407. The van der Waals surface area contributed by atoms with Crippen molar-refractivity contribution in [2.75, 3.05) is 6.61 Å². The van der Waals surface area contributed by atoms with Crippen molar-refractivity contribution in [3.8, 4) is 11.3 Å². The summed E-state index contributed by atoms with van der Waals surface area (Å²) in [6.07, 6.45) is 2.33. The lowest BCUT2D eigenvalue weighted by Gasteiger charge is -2.29. The third-order valence-corrected chi connectivity index (χ3v) is 7.47. The van der Waals surface area contributed by atoms with Gasteiger partial charge in [0.1, 0.15) is 17.2 Å². The van der Waals surface area contributed by atoms with Crippen LogP contribution in [0.15, 0.2) is 41.5 Å². The molecule has 2 atom stereocenters. The maximum Gasteiger partial charge on any atom is 0.416 e. The van der Waals surface area contributed by atoms with Crippen molar-refractivity contribution < 1.29 is 22.3 Å². The molecule has 1 saturated heterocycles. The molecule has 11 heteroatoms. The fourth-order valence-corrected chi connectivity index (χ4v) is 5.03. The number of ether oxygens (including phenoxy) is 1. The van der Waals surface area contributed by atoms with E-state index in [4.69, 9.17) is 9.72 Å². The number of nitrogens with zero attached hydrogens (tertiary/aromatic N) is 5. The summed E-state index contributed by atoms with van der Waals surface area (Å²) in [6, 6.07) is 4.44. The number of benzene rings is 1. The van der Waals surface area contributed by atoms with Gasteiger partial charge in [-0.2, -0.15) is 18.3 Å². The Morgan fingerprint density at radius 2 is 1.89 bits per heavy atom. The first-order valence-corrected chi connectivity index (χ1v) is 12.5. The molecule has 2 aliphatic rings. The van der Waals surface area contributed by atoms with Crippen LogP contribution < -0.4 is 5.56 Å². The van der Waals surface area contributed by atoms with Gasteiger partial charge in [-0.15, -0.1) is 0 Å². The largest absolute Gasteiger partial charge is 0.416 e. The first-order valence-electron chi connectivity index (χ1n) is 12.5. The van der Waals surface area contributed by atoms with Gasteiger partial charge in [0.25, 0.3) is 5.56 Å². The van der Waals surface area contributed by atoms with E-state index >= 15 is 4.39 Å². The van der Waals surface area contributed by atoms with Gasteiger partial charge in [-0.3, -0.25) is 19.0 Å². The second-order valence-corrected chi connectivity index (χ2v) is 10.1. The van der Waals surface area contributed by atoms with E-state index in [1.165, 1.54) is 4.57 Å². The predicted molar refractivity (Wildman–Crippen MR) is 131 cm³/mol. The molecule has 4 aromatic rings. The topological polar surface area (TPSA) is 74.8 Å². The lowest BCUT2D eigenvalue weighted by atomic mass is 9.89. The molecule has 38 heavy (non-hydrogen) atoms. The summed E-state index contributed by atoms with van der Waals surface area (Å²) in [4.78, 5) is 22.4. The number of pyridine rings is 1. The minimum atomic E-state index is -4.69. The summed E-state index contributed by atoms with van der Waals surface area (Å²) in [5.74, 6) is -0.822. The van der Waals surface area contributed by atoms with Crippen molar-refractivity contribution in [2.45, 2.75) is 56.8 Å². The van der Waals surface area contributed by atoms with Crippen molar-refractivity contribution in [1.82, 2.24) is 24.3 Å². The highest BCUT2D eigenvalue weighted by Gasteiger charge is 2.33. The lowest BCUT2D eigenvalue weighted by Crippen LogP contribution is -2.23. The van der Waals surface area contributed by atoms with Gasteiger partial charge in [0.2, 0.25) is 0 Å². The van der Waals surface area contributed by atoms with Crippen molar-refractivity contribution in [3.63, 3.8) is 0 Å². The van der Waals surface area contributed by atoms with Crippen molar-refractivity contribution >= 4 is 10.9 Å². The Labute approximate surface area is 215 Å². The van der Waals surface area contributed by atoms with Gasteiger partial charge in [0.15, 0.2) is 0 Å². The summed E-state index contributed by atoms with van der Waals surface area (Å²) < 4.78 is 64.0. The number of aromatic nitrogens is 5. The molecule has 2 fully saturated rings. The van der Waals surface area contributed by atoms with Crippen LogP contribution in [0.3, 0.4) is 0 Å². The molecule has 0 bridgehead atoms. The average molecular weight is 528 g/mol. The zero-order chi connectivity index (χ0) is 26.8. The van der Waals surface area contributed by atoms with E-state index in [1.54, 1.807) is 20.0 Å². The first-order chi connectivity index (χ1) is 18.1. The summed E-state index contributed by atoms with van der Waals surface area (Å²) >= 11 is 0. The summed E-state index contributed by atoms with van der Waals surface area (Å²) in [7, 11) is 1.59. The Hall–Kier alpha value is -3.60. The van der Waals surface area contributed by atoms with Crippen molar-refractivity contribution in [3.05, 3.63) is 75.5 Å². The van der Waals surface area contributed by atoms with E-state index in [9.17, 15) is 18.0 Å². The first kappa shape index (κ1) is 24.7. The van der Waals surface area contributed by atoms with Gasteiger partial charge in [0, 0.05) is 42.6 Å². The third-order valence-electron chi connectivity index (χ3n) is 7.47. The molecule has 0 N–H and O–H groups in total. The molecule has 0 amide bonds. The standard InChI is InChI=1S/C27H25F4N5O2/c1-14-33-25-20(26(37)35(14)2)11-22(34-24(25)19-6-3-17(10-21(19)28)27(29,30)31)15-7-8-38-23(9-15)16-12-32-36(13-16)18-4-5-18/h3,6,10-13,15,18,23H,4-5,7-9H2,1-2H3/t15-,23+/m0/s1. The Morgan fingerprint density at radius 3 is 2.61 bits per heavy atom. The highest BCUT2D eigenvalue weighted by Crippen LogP contribution is 2.41. The Balaban J connectivity index is 1.45. The summed E-state index contributed by atoms with van der Waals surface area (Å²) in [5, 5.41) is 4.69. The van der Waals surface area contributed by atoms with Gasteiger partial charge >= 0.3 is 6.18 Å². The quantitative estimate of drug-likeness (QED) is 0.322. The number of hydrogen-bond acceptors (Lipinski definition) is 5. The molecule has 0 radical (unpaired) electrons. The zero-order valence-electron chi connectivity index (χ0n) is 20.8. The molecule has 6 rings (SSSR count). The molecule has 1 aliphatic heterocycles. The van der Waals surface area contributed by atoms with Crippen LogP contribution in [0.1, 0.15) is 66.4 Å². The van der Waals surface area contributed by atoms with E-state index in [0.29, 0.717) is 43.1 Å². The van der Waals surface area contributed by atoms with Gasteiger partial charge in [-0.25, -0.2) is 9.37 Å². The Morgan fingerprint density at radius 1 is 1.11 bits per heavy atom. The minimum absolute atomic E-state index is 0.0501. The number of hydrogen-bond donors (Lipinski definition) is 0. The van der Waals surface area contributed by atoms with Crippen LogP contribution in [0.2, 0.25) is 0 Å². The van der Waals surface area contributed by atoms with E-state index < -0.39 is 17.6 Å². The van der Waals surface area contributed by atoms with Gasteiger partial charge in [-0.05, 0) is 56.9 Å².